The molecule has 1 aromatic carbocycles. The number of nitrogens with zero attached hydrogens (tertiary/aromatic N) is 1. The second kappa shape index (κ2) is 7.01. The van der Waals surface area contributed by atoms with Crippen molar-refractivity contribution in [2.75, 3.05) is 6.54 Å². The van der Waals surface area contributed by atoms with Gasteiger partial charge in [0.2, 0.25) is 0 Å². The Hall–Kier alpha value is -1.73. The average Bonchev–Trinajstić information content (AvgIpc) is 2.39. The van der Waals surface area contributed by atoms with Crippen molar-refractivity contribution in [2.45, 2.75) is 31.1 Å². The van der Waals surface area contributed by atoms with Gasteiger partial charge in [0.1, 0.15) is 0 Å². The van der Waals surface area contributed by atoms with Crippen LogP contribution in [0.25, 0.3) is 0 Å². The third-order valence-corrected chi connectivity index (χ3v) is 4.51. The Morgan fingerprint density at radius 2 is 1.95 bits per heavy atom. The molecule has 19 heavy (non-hydrogen) atoms. The van der Waals surface area contributed by atoms with Gasteiger partial charge in [-0.2, -0.15) is 0 Å². The van der Waals surface area contributed by atoms with E-state index in [1.807, 2.05) is 13.0 Å². The van der Waals surface area contributed by atoms with Gasteiger partial charge in [-0.1, -0.05) is 30.2 Å². The summed E-state index contributed by atoms with van der Waals surface area (Å²) in [5, 5.41) is 0. The van der Waals surface area contributed by atoms with E-state index >= 15 is 0 Å². The van der Waals surface area contributed by atoms with E-state index < -0.39 is 10.0 Å². The fourth-order valence-corrected chi connectivity index (χ4v) is 2.88. The third kappa shape index (κ3) is 4.15. The van der Waals surface area contributed by atoms with Crippen molar-refractivity contribution in [3.63, 3.8) is 0 Å². The minimum absolute atomic E-state index is 0.236. The van der Waals surface area contributed by atoms with E-state index in [2.05, 4.69) is 12.6 Å². The molecule has 1 rings (SSSR count). The van der Waals surface area contributed by atoms with E-state index in [9.17, 15) is 8.42 Å². The Morgan fingerprint density at radius 1 is 1.32 bits per heavy atom. The number of hydrogen-bond acceptors (Lipinski definition) is 2. The molecule has 0 saturated carbocycles. The first kappa shape index (κ1) is 15.3. The van der Waals surface area contributed by atoms with Gasteiger partial charge in [0.15, 0.2) is 0 Å². The van der Waals surface area contributed by atoms with Crippen LogP contribution in [0.15, 0.2) is 41.8 Å². The van der Waals surface area contributed by atoms with Crippen LogP contribution in [-0.2, 0) is 10.0 Å². The number of unbranched alkanes of at least 4 members (excludes halogenated alkanes) is 2. The topological polar surface area (TPSA) is 37.4 Å². The highest BCUT2D eigenvalue weighted by Crippen LogP contribution is 2.16. The molecule has 0 unspecified atom stereocenters. The maximum Gasteiger partial charge on any atom is 0.270 e. The molecule has 0 saturated heterocycles. The molecule has 1 aromatic rings. The predicted molar refractivity (Wildman–Crippen MR) is 78.0 cm³/mol. The molecule has 0 bridgehead atoms. The minimum Gasteiger partial charge on any atom is -0.225 e. The second-order valence-electron chi connectivity index (χ2n) is 4.30. The lowest BCUT2D eigenvalue weighted by atomic mass is 10.2. The molecule has 0 fully saturated rings. The molecule has 0 atom stereocenters. The summed E-state index contributed by atoms with van der Waals surface area (Å²) in [6.07, 6.45) is 9.60. The van der Waals surface area contributed by atoms with Crippen molar-refractivity contribution in [1.29, 1.82) is 0 Å². The van der Waals surface area contributed by atoms with Gasteiger partial charge in [0.25, 0.3) is 10.0 Å². The highest BCUT2D eigenvalue weighted by atomic mass is 32.2. The molecule has 0 N–H and O–H groups in total. The molecule has 0 heterocycles. The van der Waals surface area contributed by atoms with Gasteiger partial charge in [0, 0.05) is 12.6 Å². The SMILES string of the molecule is C#CN(CCCCC=C)S(=O)(=O)c1ccc(C)cc1. The van der Waals surface area contributed by atoms with Gasteiger partial charge in [0.05, 0.1) is 4.90 Å². The maximum absolute atomic E-state index is 12.3. The Kier molecular flexibility index (Phi) is 5.65. The minimum atomic E-state index is -3.58. The predicted octanol–water partition coefficient (Wildman–Crippen LogP) is 2.93. The van der Waals surface area contributed by atoms with Gasteiger partial charge >= 0.3 is 0 Å². The van der Waals surface area contributed by atoms with E-state index in [-0.39, 0.29) is 4.90 Å². The van der Waals surface area contributed by atoms with Crippen LogP contribution < -0.4 is 0 Å². The summed E-state index contributed by atoms with van der Waals surface area (Å²) in [5.74, 6) is 0. The largest absolute Gasteiger partial charge is 0.270 e. The van der Waals surface area contributed by atoms with Crippen molar-refractivity contribution < 1.29 is 8.42 Å². The fraction of sp³-hybridized carbons (Fsp3) is 0.333. The Morgan fingerprint density at radius 3 is 2.47 bits per heavy atom. The zero-order valence-electron chi connectivity index (χ0n) is 11.2. The molecule has 102 valence electrons. The van der Waals surface area contributed by atoms with E-state index in [1.54, 1.807) is 24.3 Å². The number of hydrogen-bond donors (Lipinski definition) is 0. The van der Waals surface area contributed by atoms with Crippen molar-refractivity contribution in [1.82, 2.24) is 4.31 Å². The molecule has 0 aromatic heterocycles. The average molecular weight is 277 g/mol. The smallest absolute Gasteiger partial charge is 0.225 e. The van der Waals surface area contributed by atoms with Crippen LogP contribution in [-0.4, -0.2) is 19.3 Å². The van der Waals surface area contributed by atoms with E-state index in [0.29, 0.717) is 6.54 Å². The van der Waals surface area contributed by atoms with E-state index in [4.69, 9.17) is 6.42 Å². The highest BCUT2D eigenvalue weighted by Gasteiger charge is 2.21. The molecular formula is C15H19NO2S. The summed E-state index contributed by atoms with van der Waals surface area (Å²) in [4.78, 5) is 0.236. The maximum atomic E-state index is 12.3. The molecule has 4 heteroatoms. The van der Waals surface area contributed by atoms with Crippen molar-refractivity contribution in [2.24, 2.45) is 0 Å². The first-order valence-corrected chi connectivity index (χ1v) is 7.63. The third-order valence-electron chi connectivity index (χ3n) is 2.77. The molecule has 0 radical (unpaired) electrons. The normalized spacial score (nSPS) is 10.7. The summed E-state index contributed by atoms with van der Waals surface area (Å²) in [5.41, 5.74) is 1.01. The van der Waals surface area contributed by atoms with E-state index in [0.717, 1.165) is 29.1 Å². The number of rotatable bonds is 7. The van der Waals surface area contributed by atoms with Gasteiger partial charge in [-0.15, -0.1) is 6.58 Å². The molecule has 3 nitrogen and oxygen atoms in total. The van der Waals surface area contributed by atoms with Crippen molar-refractivity contribution in [3.05, 3.63) is 42.5 Å². The highest BCUT2D eigenvalue weighted by molar-refractivity contribution is 7.89. The lowest BCUT2D eigenvalue weighted by Crippen LogP contribution is -2.27. The molecule has 0 aliphatic heterocycles. The zero-order valence-corrected chi connectivity index (χ0v) is 12.0. The molecular weight excluding hydrogens is 258 g/mol. The number of terminal acetylenes is 1. The number of benzene rings is 1. The van der Waals surface area contributed by atoms with Gasteiger partial charge in [-0.25, -0.2) is 12.7 Å². The standard InChI is InChI=1S/C15H19NO2S/c1-4-6-7-8-13-16(5-2)19(17,18)15-11-9-14(3)10-12-15/h2,4,9-12H,1,6-8,13H2,3H3. The monoisotopic (exact) mass is 277 g/mol. The molecule has 0 aliphatic carbocycles. The Bertz CT molecular complexity index is 553. The number of sulfonamides is 1. The van der Waals surface area contributed by atoms with Crippen LogP contribution >= 0.6 is 0 Å². The number of aryl methyl sites for hydroxylation is 1. The zero-order chi connectivity index (χ0) is 14.3. The van der Waals surface area contributed by atoms with Gasteiger partial charge in [-0.05, 0) is 38.3 Å². The fourth-order valence-electron chi connectivity index (χ4n) is 1.64. The molecule has 0 spiro atoms. The van der Waals surface area contributed by atoms with Crippen LogP contribution in [0.4, 0.5) is 0 Å². The summed E-state index contributed by atoms with van der Waals surface area (Å²) in [7, 11) is -3.58. The second-order valence-corrected chi connectivity index (χ2v) is 6.17. The summed E-state index contributed by atoms with van der Waals surface area (Å²) >= 11 is 0. The summed E-state index contributed by atoms with van der Waals surface area (Å²) in [6, 6.07) is 8.94. The number of allylic oxidation sites excluding steroid dienone is 1. The van der Waals surface area contributed by atoms with Crippen LogP contribution in [0, 0.1) is 19.4 Å². The Labute approximate surface area is 116 Å². The quantitative estimate of drug-likeness (QED) is 0.332. The molecule has 0 aliphatic rings. The first-order chi connectivity index (χ1) is 9.02. The van der Waals surface area contributed by atoms with Crippen LogP contribution in [0.3, 0.4) is 0 Å². The summed E-state index contributed by atoms with van der Waals surface area (Å²) in [6.45, 7) is 5.87. The van der Waals surface area contributed by atoms with Gasteiger partial charge in [-0.3, -0.25) is 0 Å². The summed E-state index contributed by atoms with van der Waals surface area (Å²) < 4.78 is 25.7. The van der Waals surface area contributed by atoms with Gasteiger partial charge < -0.3 is 0 Å². The van der Waals surface area contributed by atoms with E-state index in [1.165, 1.54) is 0 Å². The lowest BCUT2D eigenvalue weighted by Gasteiger charge is -2.17. The van der Waals surface area contributed by atoms with Crippen LogP contribution in [0.1, 0.15) is 24.8 Å². The molecule has 0 amide bonds. The lowest BCUT2D eigenvalue weighted by molar-refractivity contribution is 0.497. The first-order valence-electron chi connectivity index (χ1n) is 6.19. The Balaban J connectivity index is 2.81. The van der Waals surface area contributed by atoms with Crippen molar-refractivity contribution >= 4 is 10.0 Å². The van der Waals surface area contributed by atoms with Crippen molar-refractivity contribution in [3.8, 4) is 12.5 Å². The van der Waals surface area contributed by atoms with Crippen LogP contribution in [0.5, 0.6) is 0 Å². The van der Waals surface area contributed by atoms with Crippen LogP contribution in [0.2, 0.25) is 0 Å².